The third kappa shape index (κ3) is 5.32. The number of rotatable bonds is 6. The van der Waals surface area contributed by atoms with Gasteiger partial charge in [-0.15, -0.1) is 11.8 Å². The highest BCUT2D eigenvalue weighted by atomic mass is 35.5. The molecular formula is C20H16Cl2N2O3S. The number of furan rings is 1. The molecule has 0 bridgehead atoms. The summed E-state index contributed by atoms with van der Waals surface area (Å²) in [4.78, 5) is 25.3. The lowest BCUT2D eigenvalue weighted by Crippen LogP contribution is -2.22. The summed E-state index contributed by atoms with van der Waals surface area (Å²) in [6.07, 6.45) is 1.44. The largest absolute Gasteiger partial charge is 0.459 e. The number of thioether (sulfide) groups is 1. The molecule has 28 heavy (non-hydrogen) atoms. The SMILES string of the molecule is CC(Sc1ccc(NC(=O)c2ccco2)cc1)C(=O)Nc1cc(Cl)ccc1Cl. The monoisotopic (exact) mass is 434 g/mol. The molecule has 3 rings (SSSR count). The summed E-state index contributed by atoms with van der Waals surface area (Å²) >= 11 is 13.4. The second kappa shape index (κ2) is 9.19. The van der Waals surface area contributed by atoms with Crippen molar-refractivity contribution in [1.82, 2.24) is 0 Å². The molecule has 5 nitrogen and oxygen atoms in total. The molecule has 0 fully saturated rings. The van der Waals surface area contributed by atoms with Crippen LogP contribution in [0, 0.1) is 0 Å². The average Bonchev–Trinajstić information content (AvgIpc) is 3.21. The summed E-state index contributed by atoms with van der Waals surface area (Å²) in [5, 5.41) is 6.08. The van der Waals surface area contributed by atoms with E-state index in [1.807, 2.05) is 12.1 Å². The summed E-state index contributed by atoms with van der Waals surface area (Å²) in [6.45, 7) is 1.80. The summed E-state index contributed by atoms with van der Waals surface area (Å²) in [5.74, 6) is -0.274. The lowest BCUT2D eigenvalue weighted by Gasteiger charge is -2.13. The van der Waals surface area contributed by atoms with Crippen LogP contribution in [0.2, 0.25) is 10.0 Å². The first-order valence-corrected chi connectivity index (χ1v) is 9.93. The number of hydrogen-bond acceptors (Lipinski definition) is 4. The number of carbonyl (C=O) groups is 2. The zero-order valence-corrected chi connectivity index (χ0v) is 17.1. The Bertz CT molecular complexity index is 976. The van der Waals surface area contributed by atoms with E-state index in [1.165, 1.54) is 18.0 Å². The maximum Gasteiger partial charge on any atom is 0.291 e. The maximum absolute atomic E-state index is 12.4. The third-order valence-corrected chi connectivity index (χ3v) is 5.40. The first-order valence-electron chi connectivity index (χ1n) is 8.30. The van der Waals surface area contributed by atoms with E-state index in [0.717, 1.165) is 4.90 Å². The van der Waals surface area contributed by atoms with Gasteiger partial charge in [-0.2, -0.15) is 0 Å². The molecular weight excluding hydrogens is 419 g/mol. The van der Waals surface area contributed by atoms with Crippen LogP contribution < -0.4 is 10.6 Å². The van der Waals surface area contributed by atoms with E-state index in [0.29, 0.717) is 21.4 Å². The fourth-order valence-corrected chi connectivity index (χ4v) is 3.51. The minimum absolute atomic E-state index is 0.190. The van der Waals surface area contributed by atoms with Gasteiger partial charge < -0.3 is 15.1 Å². The van der Waals surface area contributed by atoms with Crippen LogP contribution in [0.4, 0.5) is 11.4 Å². The molecule has 2 amide bonds. The molecule has 0 aliphatic carbocycles. The molecule has 8 heteroatoms. The minimum Gasteiger partial charge on any atom is -0.459 e. The zero-order chi connectivity index (χ0) is 20.1. The van der Waals surface area contributed by atoms with E-state index in [1.54, 1.807) is 49.4 Å². The van der Waals surface area contributed by atoms with E-state index in [9.17, 15) is 9.59 Å². The fourth-order valence-electron chi connectivity index (χ4n) is 2.30. The molecule has 1 heterocycles. The van der Waals surface area contributed by atoms with Gasteiger partial charge in [-0.1, -0.05) is 23.2 Å². The van der Waals surface area contributed by atoms with Crippen molar-refractivity contribution in [1.29, 1.82) is 0 Å². The summed E-state index contributed by atoms with van der Waals surface area (Å²) in [6, 6.07) is 15.3. The fraction of sp³-hybridized carbons (Fsp3) is 0.100. The average molecular weight is 435 g/mol. The Morgan fingerprint density at radius 3 is 2.46 bits per heavy atom. The Kier molecular flexibility index (Phi) is 6.67. The van der Waals surface area contributed by atoms with Gasteiger partial charge in [0.15, 0.2) is 5.76 Å². The molecule has 0 spiro atoms. The van der Waals surface area contributed by atoms with Crippen molar-refractivity contribution in [2.45, 2.75) is 17.1 Å². The Morgan fingerprint density at radius 2 is 1.79 bits per heavy atom. The standard InChI is InChI=1S/C20H16Cl2N2O3S/c1-12(19(25)24-17-11-13(21)4-9-16(17)22)28-15-7-5-14(6-8-15)23-20(26)18-3-2-10-27-18/h2-12H,1H3,(H,23,26)(H,24,25). The van der Waals surface area contributed by atoms with E-state index in [4.69, 9.17) is 27.6 Å². The topological polar surface area (TPSA) is 71.3 Å². The van der Waals surface area contributed by atoms with Crippen molar-refractivity contribution >= 4 is 58.2 Å². The van der Waals surface area contributed by atoms with Crippen LogP contribution in [0.1, 0.15) is 17.5 Å². The number of benzene rings is 2. The highest BCUT2D eigenvalue weighted by Crippen LogP contribution is 2.29. The van der Waals surface area contributed by atoms with Crippen molar-refractivity contribution in [2.75, 3.05) is 10.6 Å². The van der Waals surface area contributed by atoms with Gasteiger partial charge in [-0.25, -0.2) is 0 Å². The molecule has 144 valence electrons. The van der Waals surface area contributed by atoms with Crippen LogP contribution in [0.5, 0.6) is 0 Å². The van der Waals surface area contributed by atoms with Gasteiger partial charge in [0.2, 0.25) is 5.91 Å². The number of anilines is 2. The molecule has 0 saturated heterocycles. The predicted octanol–water partition coefficient (Wildman–Crippen LogP) is 5.96. The molecule has 2 aromatic carbocycles. The van der Waals surface area contributed by atoms with Crippen LogP contribution in [-0.2, 0) is 4.79 Å². The molecule has 1 aromatic heterocycles. The summed E-state index contributed by atoms with van der Waals surface area (Å²) in [7, 11) is 0. The van der Waals surface area contributed by atoms with Gasteiger partial charge >= 0.3 is 0 Å². The van der Waals surface area contributed by atoms with Gasteiger partial charge in [-0.3, -0.25) is 9.59 Å². The highest BCUT2D eigenvalue weighted by molar-refractivity contribution is 8.00. The molecule has 2 N–H and O–H groups in total. The van der Waals surface area contributed by atoms with Gasteiger partial charge in [0.05, 0.1) is 22.2 Å². The van der Waals surface area contributed by atoms with Crippen molar-refractivity contribution in [3.63, 3.8) is 0 Å². The molecule has 3 aromatic rings. The summed E-state index contributed by atoms with van der Waals surface area (Å²) < 4.78 is 5.06. The van der Waals surface area contributed by atoms with Crippen LogP contribution >= 0.6 is 35.0 Å². The zero-order valence-electron chi connectivity index (χ0n) is 14.7. The first-order chi connectivity index (χ1) is 13.4. The second-order valence-electron chi connectivity index (χ2n) is 5.83. The molecule has 1 atom stereocenters. The van der Waals surface area contributed by atoms with Crippen LogP contribution in [0.3, 0.4) is 0 Å². The first kappa shape index (κ1) is 20.3. The smallest absolute Gasteiger partial charge is 0.291 e. The number of halogens is 2. The van der Waals surface area contributed by atoms with Gasteiger partial charge in [0.25, 0.3) is 5.91 Å². The third-order valence-electron chi connectivity index (χ3n) is 3.73. The highest BCUT2D eigenvalue weighted by Gasteiger charge is 2.16. The Balaban J connectivity index is 1.57. The maximum atomic E-state index is 12.4. The van der Waals surface area contributed by atoms with Crippen molar-refractivity contribution < 1.29 is 14.0 Å². The van der Waals surface area contributed by atoms with Crippen molar-refractivity contribution in [2.24, 2.45) is 0 Å². The molecule has 0 saturated carbocycles. The van der Waals surface area contributed by atoms with Crippen molar-refractivity contribution in [3.8, 4) is 0 Å². The van der Waals surface area contributed by atoms with E-state index < -0.39 is 0 Å². The van der Waals surface area contributed by atoms with Gasteiger partial charge in [0.1, 0.15) is 0 Å². The molecule has 0 radical (unpaired) electrons. The molecule has 1 unspecified atom stereocenters. The van der Waals surface area contributed by atoms with Crippen LogP contribution in [-0.4, -0.2) is 17.1 Å². The molecule has 0 aliphatic rings. The lowest BCUT2D eigenvalue weighted by molar-refractivity contribution is -0.115. The number of nitrogens with one attached hydrogen (secondary N) is 2. The summed E-state index contributed by atoms with van der Waals surface area (Å²) in [5.41, 5.74) is 1.11. The van der Waals surface area contributed by atoms with Crippen molar-refractivity contribution in [3.05, 3.63) is 76.7 Å². The normalized spacial score (nSPS) is 11.7. The number of amides is 2. The second-order valence-corrected chi connectivity index (χ2v) is 8.09. The minimum atomic E-state index is -0.362. The number of carbonyl (C=O) groups excluding carboxylic acids is 2. The Labute approximate surface area is 176 Å². The van der Waals surface area contributed by atoms with Gasteiger partial charge in [0, 0.05) is 15.6 Å². The van der Waals surface area contributed by atoms with E-state index in [-0.39, 0.29) is 22.8 Å². The quantitative estimate of drug-likeness (QED) is 0.469. The lowest BCUT2D eigenvalue weighted by atomic mass is 10.3. The van der Waals surface area contributed by atoms with E-state index >= 15 is 0 Å². The van der Waals surface area contributed by atoms with Crippen LogP contribution in [0.15, 0.2) is 70.2 Å². The van der Waals surface area contributed by atoms with Crippen LogP contribution in [0.25, 0.3) is 0 Å². The van der Waals surface area contributed by atoms with E-state index in [2.05, 4.69) is 10.6 Å². The predicted molar refractivity (Wildman–Crippen MR) is 114 cm³/mol. The number of hydrogen-bond donors (Lipinski definition) is 2. The Morgan fingerprint density at radius 1 is 1.04 bits per heavy atom. The Hall–Kier alpha value is -2.41. The molecule has 0 aliphatic heterocycles. The van der Waals surface area contributed by atoms with Gasteiger partial charge in [-0.05, 0) is 61.5 Å².